The number of fused-ring (bicyclic) bond motifs is 12. The number of hydrogen-bond acceptors (Lipinski definition) is 0. The number of benzene rings is 9. The van der Waals surface area contributed by atoms with Gasteiger partial charge in [-0.1, -0.05) is 115 Å². The minimum absolute atomic E-state index is 1.14. The lowest BCUT2D eigenvalue weighted by Crippen LogP contribution is -1.98. The van der Waals surface area contributed by atoms with Gasteiger partial charge in [0.2, 0.25) is 0 Å². The summed E-state index contributed by atoms with van der Waals surface area (Å²) >= 11 is 0. The maximum atomic E-state index is 2.45. The second-order valence-electron chi connectivity index (χ2n) is 15.4. The quantitative estimate of drug-likeness (QED) is 0.171. The van der Waals surface area contributed by atoms with Crippen LogP contribution in [0.25, 0.3) is 110 Å². The lowest BCUT2D eigenvalue weighted by Gasteiger charge is -2.13. The number of aromatic nitrogens is 4. The molecule has 4 aromatic heterocycles. The molecule has 0 atom stereocenters. The molecular weight excluding hydrogens is 705 g/mol. The van der Waals surface area contributed by atoms with E-state index in [1.807, 2.05) is 0 Å². The molecule has 0 amide bonds. The Bertz CT molecular complexity index is 3690. The first-order chi connectivity index (χ1) is 28.8. The molecule has 13 aromatic rings. The summed E-state index contributed by atoms with van der Waals surface area (Å²) in [5.74, 6) is 0. The number of hydrogen-bond donors (Lipinski definition) is 0. The average Bonchev–Trinajstić information content (AvgIpc) is 4.01. The zero-order valence-electron chi connectivity index (χ0n) is 31.4. The van der Waals surface area contributed by atoms with Crippen molar-refractivity contribution < 1.29 is 0 Å². The van der Waals surface area contributed by atoms with Gasteiger partial charge < -0.3 is 18.3 Å². The summed E-state index contributed by atoms with van der Waals surface area (Å²) in [6.45, 7) is 0. The Kier molecular flexibility index (Phi) is 6.41. The molecule has 0 aliphatic carbocycles. The molecule has 0 spiro atoms. The van der Waals surface area contributed by atoms with E-state index in [-0.39, 0.29) is 0 Å². The maximum Gasteiger partial charge on any atom is 0.0561 e. The van der Waals surface area contributed by atoms with E-state index < -0.39 is 0 Å². The lowest BCUT2D eigenvalue weighted by atomic mass is 10.1. The first-order valence-corrected chi connectivity index (χ1v) is 19.9. The van der Waals surface area contributed by atoms with Crippen molar-refractivity contribution in [1.29, 1.82) is 0 Å². The molecule has 13 rings (SSSR count). The molecule has 0 saturated carbocycles. The Hall–Kier alpha value is -7.82. The predicted octanol–water partition coefficient (Wildman–Crippen LogP) is 14.1. The maximum absolute atomic E-state index is 2.45. The summed E-state index contributed by atoms with van der Waals surface area (Å²) in [6.07, 6.45) is 0. The van der Waals surface area contributed by atoms with Crippen LogP contribution in [0.4, 0.5) is 0 Å². The van der Waals surface area contributed by atoms with Crippen molar-refractivity contribution in [2.24, 2.45) is 0 Å². The molecule has 0 bridgehead atoms. The van der Waals surface area contributed by atoms with Gasteiger partial charge in [0.1, 0.15) is 0 Å². The van der Waals surface area contributed by atoms with Crippen molar-refractivity contribution in [3.05, 3.63) is 206 Å². The second kappa shape index (κ2) is 11.8. The van der Waals surface area contributed by atoms with Crippen LogP contribution >= 0.6 is 0 Å². The van der Waals surface area contributed by atoms with Crippen molar-refractivity contribution >= 4 is 87.2 Å². The van der Waals surface area contributed by atoms with E-state index in [2.05, 4.69) is 225 Å². The minimum atomic E-state index is 1.14. The van der Waals surface area contributed by atoms with E-state index in [1.54, 1.807) is 0 Å². The monoisotopic (exact) mass is 738 g/mol. The first kappa shape index (κ1) is 31.4. The fourth-order valence-corrected chi connectivity index (χ4v) is 9.91. The van der Waals surface area contributed by atoms with E-state index in [0.717, 1.165) is 22.7 Å². The van der Waals surface area contributed by atoms with E-state index in [4.69, 9.17) is 0 Å². The molecule has 0 N–H and O–H groups in total. The van der Waals surface area contributed by atoms with Crippen molar-refractivity contribution in [3.63, 3.8) is 0 Å². The SMILES string of the molecule is c1ccc2c(c1)c1ccccc1n2-c1ccc(-n2c3ccccc3c3cc(-n4c5ccccc5c5ccc(-n6c7ccccc7c7ccccc76)cc54)ccc32)cc1. The molecule has 0 aliphatic heterocycles. The van der Waals surface area contributed by atoms with Gasteiger partial charge >= 0.3 is 0 Å². The van der Waals surface area contributed by atoms with Crippen LogP contribution < -0.4 is 0 Å². The zero-order chi connectivity index (χ0) is 37.9. The molecule has 0 aliphatic rings. The number of rotatable bonds is 4. The van der Waals surface area contributed by atoms with Gasteiger partial charge in [-0.25, -0.2) is 0 Å². The fourth-order valence-electron chi connectivity index (χ4n) is 9.91. The third-order valence-corrected chi connectivity index (χ3v) is 12.4. The summed E-state index contributed by atoms with van der Waals surface area (Å²) in [6, 6.07) is 75.5. The van der Waals surface area contributed by atoms with Crippen molar-refractivity contribution in [2.45, 2.75) is 0 Å². The molecule has 0 saturated heterocycles. The second-order valence-corrected chi connectivity index (χ2v) is 15.4. The Morgan fingerprint density at radius 2 is 0.431 bits per heavy atom. The van der Waals surface area contributed by atoms with Gasteiger partial charge in [-0.3, -0.25) is 0 Å². The average molecular weight is 739 g/mol. The lowest BCUT2D eigenvalue weighted by molar-refractivity contribution is 1.14. The minimum Gasteiger partial charge on any atom is -0.309 e. The summed E-state index contributed by atoms with van der Waals surface area (Å²) in [5, 5.41) is 10.0. The molecule has 270 valence electrons. The van der Waals surface area contributed by atoms with Crippen LogP contribution in [0.2, 0.25) is 0 Å². The van der Waals surface area contributed by atoms with Crippen molar-refractivity contribution in [3.8, 4) is 22.7 Å². The summed E-state index contributed by atoms with van der Waals surface area (Å²) < 4.78 is 9.66. The molecule has 58 heavy (non-hydrogen) atoms. The van der Waals surface area contributed by atoms with Gasteiger partial charge in [-0.15, -0.1) is 0 Å². The molecular formula is C54H34N4. The smallest absolute Gasteiger partial charge is 0.0561 e. The Labute approximate surface area is 333 Å². The first-order valence-electron chi connectivity index (χ1n) is 19.9. The van der Waals surface area contributed by atoms with Gasteiger partial charge in [0, 0.05) is 65.8 Å². The largest absolute Gasteiger partial charge is 0.309 e. The highest BCUT2D eigenvalue weighted by molar-refractivity contribution is 6.14. The Morgan fingerprint density at radius 3 is 0.845 bits per heavy atom. The summed E-state index contributed by atoms with van der Waals surface area (Å²) in [5.41, 5.74) is 14.2. The van der Waals surface area contributed by atoms with Gasteiger partial charge in [-0.2, -0.15) is 0 Å². The molecule has 0 radical (unpaired) electrons. The van der Waals surface area contributed by atoms with Crippen molar-refractivity contribution in [2.75, 3.05) is 0 Å². The van der Waals surface area contributed by atoms with Gasteiger partial charge in [0.25, 0.3) is 0 Å². The molecule has 4 heteroatoms. The number of para-hydroxylation sites is 6. The topological polar surface area (TPSA) is 19.7 Å². The normalized spacial score (nSPS) is 12.1. The van der Waals surface area contributed by atoms with E-state index in [9.17, 15) is 0 Å². The standard InChI is InChI=1S/C54H34N4/c1-7-19-47-39(13-1)40-14-2-8-20-48(40)55(47)35-25-27-36(28-26-35)56-52-24-12-6-18-44(52)46-33-37(30-32-53(46)56)58-51-23-11-5-17-43(51)45-31-29-38(34-54(45)58)57-49-21-9-3-15-41(49)42-16-4-10-22-50(42)57/h1-34H. The van der Waals surface area contributed by atoms with Gasteiger partial charge in [0.15, 0.2) is 0 Å². The third kappa shape index (κ3) is 4.29. The molecule has 0 fully saturated rings. The summed E-state index contributed by atoms with van der Waals surface area (Å²) in [7, 11) is 0. The van der Waals surface area contributed by atoms with Crippen LogP contribution in [0.3, 0.4) is 0 Å². The highest BCUT2D eigenvalue weighted by Gasteiger charge is 2.19. The van der Waals surface area contributed by atoms with Gasteiger partial charge in [-0.05, 0) is 91.0 Å². The van der Waals surface area contributed by atoms with E-state index in [1.165, 1.54) is 87.2 Å². The van der Waals surface area contributed by atoms with Crippen LogP contribution in [-0.2, 0) is 0 Å². The molecule has 4 heterocycles. The van der Waals surface area contributed by atoms with Crippen LogP contribution in [0.5, 0.6) is 0 Å². The van der Waals surface area contributed by atoms with Crippen LogP contribution in [-0.4, -0.2) is 18.3 Å². The summed E-state index contributed by atoms with van der Waals surface area (Å²) in [4.78, 5) is 0. The Balaban J connectivity index is 0.999. The number of nitrogens with zero attached hydrogens (tertiary/aromatic N) is 4. The molecule has 0 unspecified atom stereocenters. The van der Waals surface area contributed by atoms with Gasteiger partial charge in [0.05, 0.1) is 44.1 Å². The highest BCUT2D eigenvalue weighted by atomic mass is 15.0. The highest BCUT2D eigenvalue weighted by Crippen LogP contribution is 2.40. The zero-order valence-corrected chi connectivity index (χ0v) is 31.4. The third-order valence-electron chi connectivity index (χ3n) is 12.4. The van der Waals surface area contributed by atoms with Crippen LogP contribution in [0.1, 0.15) is 0 Å². The van der Waals surface area contributed by atoms with E-state index >= 15 is 0 Å². The van der Waals surface area contributed by atoms with Crippen LogP contribution in [0, 0.1) is 0 Å². The van der Waals surface area contributed by atoms with E-state index in [0.29, 0.717) is 0 Å². The Morgan fingerprint density at radius 1 is 0.172 bits per heavy atom. The predicted molar refractivity (Wildman–Crippen MR) is 244 cm³/mol. The molecule has 9 aromatic carbocycles. The molecule has 4 nitrogen and oxygen atoms in total. The van der Waals surface area contributed by atoms with Crippen LogP contribution in [0.15, 0.2) is 206 Å². The fraction of sp³-hybridized carbons (Fsp3) is 0. The van der Waals surface area contributed by atoms with Crippen molar-refractivity contribution in [1.82, 2.24) is 18.3 Å².